The van der Waals surface area contributed by atoms with Gasteiger partial charge in [0.25, 0.3) is 5.91 Å². The summed E-state index contributed by atoms with van der Waals surface area (Å²) in [6, 6.07) is 16.7. The number of fused-ring (bicyclic) bond motifs is 1. The molecular formula is C26H26Cl2N6O. The lowest BCUT2D eigenvalue weighted by atomic mass is 10.1. The lowest BCUT2D eigenvalue weighted by molar-refractivity contribution is 0.0950. The fraction of sp³-hybridized carbons (Fsp3) is 0.269. The number of nitrogens with zero attached hydrogens (tertiary/aromatic N) is 4. The Bertz CT molecular complexity index is 1350. The molecule has 0 atom stereocenters. The molecule has 1 amide bonds. The van der Waals surface area contributed by atoms with Crippen molar-refractivity contribution in [2.24, 2.45) is 0 Å². The third kappa shape index (κ3) is 5.59. The highest BCUT2D eigenvalue weighted by molar-refractivity contribution is 6.35. The number of halogens is 2. The summed E-state index contributed by atoms with van der Waals surface area (Å²) in [6.45, 7) is 4.26. The summed E-state index contributed by atoms with van der Waals surface area (Å²) >= 11 is 12.4. The minimum atomic E-state index is -0.0767. The third-order valence-corrected chi connectivity index (χ3v) is 6.75. The van der Waals surface area contributed by atoms with Crippen LogP contribution >= 0.6 is 23.2 Å². The number of hydrogen-bond acceptors (Lipinski definition) is 5. The van der Waals surface area contributed by atoms with Crippen molar-refractivity contribution in [1.82, 2.24) is 24.8 Å². The predicted molar refractivity (Wildman–Crippen MR) is 140 cm³/mol. The summed E-state index contributed by atoms with van der Waals surface area (Å²) < 4.78 is 1.74. The van der Waals surface area contributed by atoms with Crippen LogP contribution in [-0.4, -0.2) is 51.6 Å². The number of anilines is 1. The first-order valence-electron chi connectivity index (χ1n) is 11.7. The number of carbonyl (C=O) groups excluding carboxylic acids is 1. The molecule has 0 radical (unpaired) electrons. The van der Waals surface area contributed by atoms with Crippen LogP contribution in [0.2, 0.25) is 10.0 Å². The van der Waals surface area contributed by atoms with E-state index in [0.29, 0.717) is 34.3 Å². The molecule has 2 aromatic heterocycles. The molecule has 7 nitrogen and oxygen atoms in total. The van der Waals surface area contributed by atoms with Crippen LogP contribution in [0.25, 0.3) is 16.9 Å². The molecule has 1 aliphatic heterocycles. The molecule has 9 heteroatoms. The molecule has 1 aliphatic rings. The van der Waals surface area contributed by atoms with Gasteiger partial charge in [-0.15, -0.1) is 0 Å². The monoisotopic (exact) mass is 508 g/mol. The summed E-state index contributed by atoms with van der Waals surface area (Å²) in [6.07, 6.45) is 4.19. The van der Waals surface area contributed by atoms with E-state index in [1.807, 2.05) is 48.5 Å². The lowest BCUT2D eigenvalue weighted by Crippen LogP contribution is -2.33. The maximum absolute atomic E-state index is 12.8. The standard InChI is InChI=1S/C26H26Cl2N6O/c27-21-7-6-20(22(28)15-21)17-30-25-16-23(32-24-8-9-31-34(24)25)18-4-3-5-19(14-18)26(35)29-10-13-33-11-1-2-12-33/h3-9,14-16,30H,1-2,10-13,17H2,(H,29,35). The van der Waals surface area contributed by atoms with Crippen LogP contribution in [-0.2, 0) is 6.54 Å². The number of benzene rings is 2. The molecule has 1 fully saturated rings. The Labute approximate surface area is 214 Å². The molecule has 2 aromatic carbocycles. The Morgan fingerprint density at radius 2 is 1.89 bits per heavy atom. The van der Waals surface area contributed by atoms with Gasteiger partial charge in [0.1, 0.15) is 5.82 Å². The highest BCUT2D eigenvalue weighted by Gasteiger charge is 2.14. The van der Waals surface area contributed by atoms with Gasteiger partial charge in [0.15, 0.2) is 5.65 Å². The number of aromatic nitrogens is 3. The summed E-state index contributed by atoms with van der Waals surface area (Å²) in [5.74, 6) is 0.689. The van der Waals surface area contributed by atoms with Crippen molar-refractivity contribution >= 4 is 40.6 Å². The largest absolute Gasteiger partial charge is 0.366 e. The van der Waals surface area contributed by atoms with Gasteiger partial charge in [-0.25, -0.2) is 4.98 Å². The van der Waals surface area contributed by atoms with Gasteiger partial charge in [-0.1, -0.05) is 41.4 Å². The molecule has 0 saturated carbocycles. The van der Waals surface area contributed by atoms with E-state index >= 15 is 0 Å². The smallest absolute Gasteiger partial charge is 0.251 e. The zero-order valence-electron chi connectivity index (χ0n) is 19.2. The van der Waals surface area contributed by atoms with Crippen LogP contribution < -0.4 is 10.6 Å². The van der Waals surface area contributed by atoms with Crippen molar-refractivity contribution in [3.05, 3.63) is 82.0 Å². The number of hydrogen-bond donors (Lipinski definition) is 2. The predicted octanol–water partition coefficient (Wildman–Crippen LogP) is 5.14. The molecule has 4 aromatic rings. The van der Waals surface area contributed by atoms with E-state index in [0.717, 1.165) is 42.3 Å². The van der Waals surface area contributed by atoms with Crippen molar-refractivity contribution in [1.29, 1.82) is 0 Å². The first-order chi connectivity index (χ1) is 17.1. The van der Waals surface area contributed by atoms with Crippen molar-refractivity contribution in [2.45, 2.75) is 19.4 Å². The van der Waals surface area contributed by atoms with Crippen LogP contribution in [0.4, 0.5) is 5.82 Å². The van der Waals surface area contributed by atoms with Gasteiger partial charge in [-0.3, -0.25) is 4.79 Å². The molecule has 0 unspecified atom stereocenters. The van der Waals surface area contributed by atoms with E-state index in [2.05, 4.69) is 20.6 Å². The third-order valence-electron chi connectivity index (χ3n) is 6.17. The second-order valence-electron chi connectivity index (χ2n) is 8.60. The second-order valence-corrected chi connectivity index (χ2v) is 9.45. The second kappa shape index (κ2) is 10.6. The minimum absolute atomic E-state index is 0.0767. The molecule has 5 rings (SSSR count). The van der Waals surface area contributed by atoms with Gasteiger partial charge >= 0.3 is 0 Å². The Morgan fingerprint density at radius 1 is 1.03 bits per heavy atom. The van der Waals surface area contributed by atoms with Gasteiger partial charge in [0.05, 0.1) is 11.9 Å². The normalized spacial score (nSPS) is 13.9. The molecule has 0 aliphatic carbocycles. The number of likely N-dealkylation sites (tertiary alicyclic amines) is 1. The molecule has 0 bridgehead atoms. The van der Waals surface area contributed by atoms with E-state index in [4.69, 9.17) is 28.2 Å². The molecule has 1 saturated heterocycles. The first kappa shape index (κ1) is 23.6. The summed E-state index contributed by atoms with van der Waals surface area (Å²) in [5, 5.41) is 12.0. The Kier molecular flexibility index (Phi) is 7.18. The van der Waals surface area contributed by atoms with E-state index in [1.165, 1.54) is 12.8 Å². The zero-order valence-corrected chi connectivity index (χ0v) is 20.7. The average molecular weight is 509 g/mol. The van der Waals surface area contributed by atoms with Gasteiger partial charge in [0.2, 0.25) is 0 Å². The van der Waals surface area contributed by atoms with Crippen molar-refractivity contribution in [3.8, 4) is 11.3 Å². The van der Waals surface area contributed by atoms with Crippen molar-refractivity contribution in [3.63, 3.8) is 0 Å². The Morgan fingerprint density at radius 3 is 2.71 bits per heavy atom. The summed E-state index contributed by atoms with van der Waals surface area (Å²) in [4.78, 5) is 19.9. The van der Waals surface area contributed by atoms with Gasteiger partial charge in [-0.2, -0.15) is 9.61 Å². The summed E-state index contributed by atoms with van der Waals surface area (Å²) in [5.41, 5.74) is 3.83. The van der Waals surface area contributed by atoms with Gasteiger partial charge in [-0.05, 0) is 55.8 Å². The quantitative estimate of drug-likeness (QED) is 0.344. The number of carbonyl (C=O) groups is 1. The van der Waals surface area contributed by atoms with Crippen LogP contribution in [0.3, 0.4) is 0 Å². The van der Waals surface area contributed by atoms with Crippen LogP contribution in [0.1, 0.15) is 28.8 Å². The minimum Gasteiger partial charge on any atom is -0.366 e. The molecule has 0 spiro atoms. The first-order valence-corrected chi connectivity index (χ1v) is 12.5. The van der Waals surface area contributed by atoms with Crippen LogP contribution in [0, 0.1) is 0 Å². The average Bonchev–Trinajstić information content (AvgIpc) is 3.55. The topological polar surface area (TPSA) is 74.6 Å². The molecule has 35 heavy (non-hydrogen) atoms. The van der Waals surface area contributed by atoms with Crippen LogP contribution in [0.15, 0.2) is 60.8 Å². The molecular weight excluding hydrogens is 483 g/mol. The maximum atomic E-state index is 12.8. The fourth-order valence-corrected chi connectivity index (χ4v) is 4.77. The van der Waals surface area contributed by atoms with E-state index in [1.54, 1.807) is 16.8 Å². The number of nitrogens with one attached hydrogen (secondary N) is 2. The van der Waals surface area contributed by atoms with E-state index in [9.17, 15) is 4.79 Å². The highest BCUT2D eigenvalue weighted by atomic mass is 35.5. The van der Waals surface area contributed by atoms with E-state index < -0.39 is 0 Å². The molecule has 2 N–H and O–H groups in total. The molecule has 3 heterocycles. The molecule has 180 valence electrons. The number of amides is 1. The summed E-state index contributed by atoms with van der Waals surface area (Å²) in [7, 11) is 0. The van der Waals surface area contributed by atoms with E-state index in [-0.39, 0.29) is 5.91 Å². The SMILES string of the molecule is O=C(NCCN1CCCC1)c1cccc(-c2cc(NCc3ccc(Cl)cc3Cl)n3nccc3n2)c1. The highest BCUT2D eigenvalue weighted by Crippen LogP contribution is 2.25. The fourth-order valence-electron chi connectivity index (χ4n) is 4.29. The lowest BCUT2D eigenvalue weighted by Gasteiger charge is -2.15. The van der Waals surface area contributed by atoms with Gasteiger partial charge < -0.3 is 15.5 Å². The van der Waals surface area contributed by atoms with Gasteiger partial charge in [0, 0.05) is 52.9 Å². The zero-order chi connectivity index (χ0) is 24.2. The van der Waals surface area contributed by atoms with Crippen molar-refractivity contribution < 1.29 is 4.79 Å². The van der Waals surface area contributed by atoms with Crippen LogP contribution in [0.5, 0.6) is 0 Å². The maximum Gasteiger partial charge on any atom is 0.251 e. The Balaban J connectivity index is 1.34. The number of rotatable bonds is 8. The van der Waals surface area contributed by atoms with Crippen molar-refractivity contribution in [2.75, 3.05) is 31.5 Å². The Hall–Kier alpha value is -3.13.